The van der Waals surface area contributed by atoms with E-state index in [2.05, 4.69) is 15.4 Å². The van der Waals surface area contributed by atoms with Gasteiger partial charge in [0.25, 0.3) is 11.5 Å². The van der Waals surface area contributed by atoms with Gasteiger partial charge in [0, 0.05) is 18.2 Å². The van der Waals surface area contributed by atoms with Gasteiger partial charge in [-0.05, 0) is 25.2 Å². The molecule has 26 heavy (non-hydrogen) atoms. The molecule has 1 amide bonds. The quantitative estimate of drug-likeness (QED) is 0.851. The molecule has 7 nitrogen and oxygen atoms in total. The first-order chi connectivity index (χ1) is 12.5. The number of aromatic nitrogens is 3. The molecule has 4 heterocycles. The first kappa shape index (κ1) is 17.7. The van der Waals surface area contributed by atoms with Crippen molar-refractivity contribution in [1.82, 2.24) is 20.1 Å². The maximum Gasteiger partial charge on any atom is 0.267 e. The molecule has 138 valence electrons. The molecule has 0 spiro atoms. The second kappa shape index (κ2) is 7.13. The van der Waals surface area contributed by atoms with Gasteiger partial charge in [0.1, 0.15) is 10.9 Å². The van der Waals surface area contributed by atoms with Crippen LogP contribution in [0.3, 0.4) is 0 Å². The number of thioether (sulfide) groups is 1. The van der Waals surface area contributed by atoms with Gasteiger partial charge in [-0.2, -0.15) is 16.9 Å². The highest BCUT2D eigenvalue weighted by Crippen LogP contribution is 2.24. The summed E-state index contributed by atoms with van der Waals surface area (Å²) >= 11 is 3.19. The average molecular weight is 393 g/mol. The molecule has 4 rings (SSSR count). The molecule has 1 N–H and O–H groups in total. The summed E-state index contributed by atoms with van der Waals surface area (Å²) in [4.78, 5) is 30.1. The van der Waals surface area contributed by atoms with Gasteiger partial charge in [0.2, 0.25) is 0 Å². The molecule has 2 aliphatic rings. The standard InChI is InChI=1S/C17H20N4O3S2/c1-9-16(26-10(2)18-9)17(23)19-13-6-24-7-14(13)21-15(22)5-11-8-25-4-3-12(11)20-21/h5,13-14H,3-4,6-8H2,1-2H3,(H,19,23). The minimum atomic E-state index is -0.291. The highest BCUT2D eigenvalue weighted by molar-refractivity contribution is 7.98. The Morgan fingerprint density at radius 2 is 2.23 bits per heavy atom. The number of thiazole rings is 1. The molecule has 0 saturated carbocycles. The lowest BCUT2D eigenvalue weighted by Crippen LogP contribution is -2.44. The monoisotopic (exact) mass is 392 g/mol. The van der Waals surface area contributed by atoms with Crippen molar-refractivity contribution in [1.29, 1.82) is 0 Å². The van der Waals surface area contributed by atoms with E-state index in [9.17, 15) is 9.59 Å². The second-order valence-corrected chi connectivity index (χ2v) is 8.84. The van der Waals surface area contributed by atoms with Gasteiger partial charge < -0.3 is 10.1 Å². The maximum atomic E-state index is 12.6. The lowest BCUT2D eigenvalue weighted by Gasteiger charge is -2.22. The van der Waals surface area contributed by atoms with Crippen LogP contribution in [0.25, 0.3) is 0 Å². The van der Waals surface area contributed by atoms with Crippen molar-refractivity contribution in [2.45, 2.75) is 38.1 Å². The molecule has 2 aromatic rings. The summed E-state index contributed by atoms with van der Waals surface area (Å²) in [5.41, 5.74) is 2.60. The van der Waals surface area contributed by atoms with Crippen LogP contribution < -0.4 is 10.9 Å². The number of rotatable bonds is 3. The van der Waals surface area contributed by atoms with Gasteiger partial charge in [-0.3, -0.25) is 9.59 Å². The van der Waals surface area contributed by atoms with Crippen molar-refractivity contribution >= 4 is 29.0 Å². The van der Waals surface area contributed by atoms with Crippen molar-refractivity contribution in [3.05, 3.63) is 43.3 Å². The van der Waals surface area contributed by atoms with E-state index in [1.807, 2.05) is 25.6 Å². The van der Waals surface area contributed by atoms with E-state index >= 15 is 0 Å². The highest BCUT2D eigenvalue weighted by Gasteiger charge is 2.34. The van der Waals surface area contributed by atoms with Gasteiger partial charge >= 0.3 is 0 Å². The van der Waals surface area contributed by atoms with Gasteiger partial charge in [0.15, 0.2) is 0 Å². The Labute approximate surface area is 159 Å². The third-order valence-corrected chi connectivity index (χ3v) is 6.73. The zero-order valence-electron chi connectivity index (χ0n) is 14.7. The lowest BCUT2D eigenvalue weighted by atomic mass is 10.1. The van der Waals surface area contributed by atoms with Crippen LogP contribution in [-0.2, 0) is 16.9 Å². The second-order valence-electron chi connectivity index (χ2n) is 6.53. The van der Waals surface area contributed by atoms with E-state index < -0.39 is 0 Å². The van der Waals surface area contributed by atoms with Crippen molar-refractivity contribution in [3.8, 4) is 0 Å². The molecule has 9 heteroatoms. The van der Waals surface area contributed by atoms with Crippen LogP contribution >= 0.6 is 23.1 Å². The highest BCUT2D eigenvalue weighted by atomic mass is 32.2. The number of amides is 1. The van der Waals surface area contributed by atoms with E-state index in [4.69, 9.17) is 4.74 Å². The molecule has 0 bridgehead atoms. The molecule has 0 aliphatic carbocycles. The van der Waals surface area contributed by atoms with Gasteiger partial charge in [-0.15, -0.1) is 11.3 Å². The number of carbonyl (C=O) groups is 1. The summed E-state index contributed by atoms with van der Waals surface area (Å²) in [6.45, 7) is 4.44. The Balaban J connectivity index is 1.58. The minimum Gasteiger partial charge on any atom is -0.377 e. The SMILES string of the molecule is Cc1nc(C)c(C(=O)NC2COCC2n2nc3c(cc2=O)CSCC3)s1. The Morgan fingerprint density at radius 3 is 3.00 bits per heavy atom. The fourth-order valence-corrected chi connectivity index (χ4v) is 5.14. The molecule has 0 radical (unpaired) electrons. The molecule has 0 aromatic carbocycles. The summed E-state index contributed by atoms with van der Waals surface area (Å²) in [7, 11) is 0. The molecule has 2 aliphatic heterocycles. The van der Waals surface area contributed by atoms with Gasteiger partial charge in [-0.25, -0.2) is 9.67 Å². The number of nitrogens with one attached hydrogen (secondary N) is 1. The number of ether oxygens (including phenoxy) is 1. The number of hydrogen-bond donors (Lipinski definition) is 1. The van der Waals surface area contributed by atoms with Crippen LogP contribution in [0.5, 0.6) is 0 Å². The van der Waals surface area contributed by atoms with Gasteiger partial charge in [-0.1, -0.05) is 0 Å². The molecule has 1 fully saturated rings. The Kier molecular flexibility index (Phi) is 4.85. The fraction of sp³-hybridized carbons (Fsp3) is 0.529. The minimum absolute atomic E-state index is 0.134. The normalized spacial score (nSPS) is 22.2. The molecular formula is C17H20N4O3S2. The Morgan fingerprint density at radius 1 is 1.38 bits per heavy atom. The van der Waals surface area contributed by atoms with Crippen LogP contribution in [0.15, 0.2) is 10.9 Å². The third kappa shape index (κ3) is 3.30. The number of aryl methyl sites for hydroxylation is 3. The zero-order chi connectivity index (χ0) is 18.3. The fourth-order valence-electron chi connectivity index (χ4n) is 3.36. The predicted molar refractivity (Wildman–Crippen MR) is 101 cm³/mol. The lowest BCUT2D eigenvalue weighted by molar-refractivity contribution is 0.0928. The zero-order valence-corrected chi connectivity index (χ0v) is 16.3. The Hall–Kier alpha value is -1.71. The van der Waals surface area contributed by atoms with Crippen LogP contribution in [0.1, 0.15) is 37.7 Å². The van der Waals surface area contributed by atoms with Crippen LogP contribution in [0.4, 0.5) is 0 Å². The number of carbonyl (C=O) groups excluding carboxylic acids is 1. The van der Waals surface area contributed by atoms with E-state index in [-0.39, 0.29) is 23.6 Å². The molecular weight excluding hydrogens is 372 g/mol. The molecule has 1 saturated heterocycles. The summed E-state index contributed by atoms with van der Waals surface area (Å²) in [5.74, 6) is 1.68. The van der Waals surface area contributed by atoms with E-state index in [0.717, 1.165) is 39.9 Å². The van der Waals surface area contributed by atoms with E-state index in [0.29, 0.717) is 18.1 Å². The van der Waals surface area contributed by atoms with Crippen LogP contribution in [0, 0.1) is 13.8 Å². The van der Waals surface area contributed by atoms with Gasteiger partial charge in [0.05, 0.1) is 35.7 Å². The first-order valence-electron chi connectivity index (χ1n) is 8.55. The third-order valence-electron chi connectivity index (χ3n) is 4.65. The van der Waals surface area contributed by atoms with Crippen molar-refractivity contribution < 1.29 is 9.53 Å². The number of hydrogen-bond acceptors (Lipinski definition) is 7. The van der Waals surface area contributed by atoms with Crippen molar-refractivity contribution in [3.63, 3.8) is 0 Å². The summed E-state index contributed by atoms with van der Waals surface area (Å²) in [6.07, 6.45) is 0.865. The predicted octanol–water partition coefficient (Wildman–Crippen LogP) is 1.48. The Bertz CT molecular complexity index is 908. The molecule has 2 unspecified atom stereocenters. The average Bonchev–Trinajstić information content (AvgIpc) is 3.20. The summed E-state index contributed by atoms with van der Waals surface area (Å²) in [6, 6.07) is 1.11. The largest absolute Gasteiger partial charge is 0.377 e. The molecule has 2 atom stereocenters. The summed E-state index contributed by atoms with van der Waals surface area (Å²) < 4.78 is 7.06. The summed E-state index contributed by atoms with van der Waals surface area (Å²) in [5, 5.41) is 8.46. The van der Waals surface area contributed by atoms with Crippen LogP contribution in [0.2, 0.25) is 0 Å². The van der Waals surface area contributed by atoms with E-state index in [1.54, 1.807) is 6.07 Å². The number of nitrogens with zero attached hydrogens (tertiary/aromatic N) is 3. The smallest absolute Gasteiger partial charge is 0.267 e. The first-order valence-corrected chi connectivity index (χ1v) is 10.5. The van der Waals surface area contributed by atoms with Crippen molar-refractivity contribution in [2.24, 2.45) is 0 Å². The maximum absolute atomic E-state index is 12.6. The van der Waals surface area contributed by atoms with Crippen molar-refractivity contribution in [2.75, 3.05) is 19.0 Å². The van der Waals surface area contributed by atoms with Crippen LogP contribution in [-0.4, -0.2) is 45.7 Å². The number of fused-ring (bicyclic) bond motifs is 1. The molecule has 2 aromatic heterocycles. The topological polar surface area (TPSA) is 86.1 Å². The van der Waals surface area contributed by atoms with E-state index in [1.165, 1.54) is 16.0 Å².